The van der Waals surface area contributed by atoms with Gasteiger partial charge in [-0.05, 0) is 6.42 Å². The maximum Gasteiger partial charge on any atom is 0.336 e. The van der Waals surface area contributed by atoms with Crippen LogP contribution < -0.4 is 0 Å². The molecule has 1 aliphatic heterocycles. The van der Waals surface area contributed by atoms with E-state index in [1.165, 1.54) is 0 Å². The maximum atomic E-state index is 11.6. The van der Waals surface area contributed by atoms with Crippen LogP contribution in [0.4, 0.5) is 0 Å². The van der Waals surface area contributed by atoms with Gasteiger partial charge in [0.25, 0.3) is 11.8 Å². The molecule has 0 radical (unpaired) electrons. The average Bonchev–Trinajstić information content (AvgIpc) is 2.60. The van der Waals surface area contributed by atoms with Crippen LogP contribution >= 0.6 is 0 Å². The summed E-state index contributed by atoms with van der Waals surface area (Å²) in [4.78, 5) is 38.8. The molecule has 5 heteroatoms. The van der Waals surface area contributed by atoms with Crippen LogP contribution in [0.3, 0.4) is 0 Å². The Morgan fingerprint density at radius 3 is 2.41 bits per heavy atom. The van der Waals surface area contributed by atoms with Crippen molar-refractivity contribution in [2.75, 3.05) is 0 Å². The first-order valence-electron chi connectivity index (χ1n) is 5.49. The minimum absolute atomic E-state index is 0.0532. The number of rotatable bonds is 4. The van der Waals surface area contributed by atoms with Crippen LogP contribution in [-0.4, -0.2) is 22.8 Å². The van der Waals surface area contributed by atoms with Gasteiger partial charge in [-0.2, -0.15) is 0 Å². The number of amides is 2. The maximum absolute atomic E-state index is 11.6. The summed E-state index contributed by atoms with van der Waals surface area (Å²) in [6, 6.07) is 0. The molecule has 1 fully saturated rings. The predicted octanol–water partition coefficient (Wildman–Crippen LogP) is 0.889. The van der Waals surface area contributed by atoms with Gasteiger partial charge in [0.2, 0.25) is 0 Å². The molecule has 2 atom stereocenters. The van der Waals surface area contributed by atoms with E-state index in [1.807, 2.05) is 6.92 Å². The lowest BCUT2D eigenvalue weighted by Crippen LogP contribution is -2.34. The summed E-state index contributed by atoms with van der Waals surface area (Å²) in [6.07, 6.45) is 5.87. The van der Waals surface area contributed by atoms with Gasteiger partial charge >= 0.3 is 5.97 Å². The molecule has 5 nitrogen and oxygen atoms in total. The highest BCUT2D eigenvalue weighted by Crippen LogP contribution is 2.17. The van der Waals surface area contributed by atoms with Crippen LogP contribution in [0.5, 0.6) is 0 Å². The molecule has 0 N–H and O–H groups in total. The largest absolute Gasteiger partial charge is 0.336 e. The zero-order chi connectivity index (χ0) is 13.0. The standard InChI is InChI=1S/C12H15NO4/c1-4-8(2)7-9(3)12(16)17-13-10(14)5-6-11(13)15/h1,8-9H,5-7H2,2-3H3. The molecule has 1 rings (SSSR count). The van der Waals surface area contributed by atoms with Crippen molar-refractivity contribution in [3.63, 3.8) is 0 Å². The number of hydrogen-bond acceptors (Lipinski definition) is 4. The van der Waals surface area contributed by atoms with Crippen molar-refractivity contribution in [3.8, 4) is 12.3 Å². The number of hydroxylamine groups is 2. The molecule has 0 aromatic rings. The second-order valence-corrected chi connectivity index (χ2v) is 4.20. The Hall–Kier alpha value is -1.83. The van der Waals surface area contributed by atoms with Gasteiger partial charge in [0.15, 0.2) is 0 Å². The molecular weight excluding hydrogens is 222 g/mol. The van der Waals surface area contributed by atoms with Gasteiger partial charge in [0, 0.05) is 18.8 Å². The number of imide groups is 1. The minimum Gasteiger partial charge on any atom is -0.330 e. The normalized spacial score (nSPS) is 18.8. The van der Waals surface area contributed by atoms with E-state index in [0.717, 1.165) is 0 Å². The topological polar surface area (TPSA) is 63.7 Å². The molecule has 92 valence electrons. The van der Waals surface area contributed by atoms with Crippen LogP contribution in [-0.2, 0) is 19.2 Å². The van der Waals surface area contributed by atoms with E-state index in [-0.39, 0.29) is 18.8 Å². The first-order chi connectivity index (χ1) is 7.95. The summed E-state index contributed by atoms with van der Waals surface area (Å²) in [5.74, 6) is 0.466. The van der Waals surface area contributed by atoms with Crippen LogP contribution in [0.2, 0.25) is 0 Å². The smallest absolute Gasteiger partial charge is 0.330 e. The summed E-state index contributed by atoms with van der Waals surface area (Å²) in [5, 5.41) is 0.555. The molecule has 2 unspecified atom stereocenters. The Balaban J connectivity index is 2.52. The molecule has 1 aliphatic rings. The van der Waals surface area contributed by atoms with Crippen molar-refractivity contribution in [1.82, 2.24) is 5.06 Å². The Morgan fingerprint density at radius 2 is 1.94 bits per heavy atom. The Kier molecular flexibility index (Phi) is 4.27. The van der Waals surface area contributed by atoms with Crippen molar-refractivity contribution >= 4 is 17.8 Å². The van der Waals surface area contributed by atoms with Crippen LogP contribution in [0.15, 0.2) is 0 Å². The number of hydrogen-bond donors (Lipinski definition) is 0. The first kappa shape index (κ1) is 13.2. The quantitative estimate of drug-likeness (QED) is 0.538. The fourth-order valence-corrected chi connectivity index (χ4v) is 1.53. The molecule has 2 amide bonds. The molecule has 0 aromatic carbocycles. The SMILES string of the molecule is C#CC(C)CC(C)C(=O)ON1C(=O)CCC1=O. The van der Waals surface area contributed by atoms with Crippen molar-refractivity contribution in [2.24, 2.45) is 11.8 Å². The minimum atomic E-state index is -0.601. The molecule has 0 aliphatic carbocycles. The highest BCUT2D eigenvalue weighted by atomic mass is 16.7. The zero-order valence-corrected chi connectivity index (χ0v) is 9.93. The predicted molar refractivity (Wildman–Crippen MR) is 59.0 cm³/mol. The second-order valence-electron chi connectivity index (χ2n) is 4.20. The van der Waals surface area contributed by atoms with E-state index >= 15 is 0 Å². The van der Waals surface area contributed by atoms with Gasteiger partial charge in [0.1, 0.15) is 0 Å². The third-order valence-corrected chi connectivity index (χ3v) is 2.58. The number of nitrogens with zero attached hydrogens (tertiary/aromatic N) is 1. The van der Waals surface area contributed by atoms with Crippen molar-refractivity contribution < 1.29 is 19.2 Å². The van der Waals surface area contributed by atoms with Crippen LogP contribution in [0.1, 0.15) is 33.1 Å². The second kappa shape index (κ2) is 5.48. The molecule has 1 heterocycles. The van der Waals surface area contributed by atoms with Crippen LogP contribution in [0, 0.1) is 24.2 Å². The molecule has 17 heavy (non-hydrogen) atoms. The van der Waals surface area contributed by atoms with E-state index in [4.69, 9.17) is 11.3 Å². The lowest BCUT2D eigenvalue weighted by Gasteiger charge is -2.16. The van der Waals surface area contributed by atoms with Crippen LogP contribution in [0.25, 0.3) is 0 Å². The highest BCUT2D eigenvalue weighted by Gasteiger charge is 2.34. The van der Waals surface area contributed by atoms with E-state index in [0.29, 0.717) is 11.5 Å². The van der Waals surface area contributed by atoms with Crippen molar-refractivity contribution in [2.45, 2.75) is 33.1 Å². The molecular formula is C12H15NO4. The summed E-state index contributed by atoms with van der Waals surface area (Å²) >= 11 is 0. The van der Waals surface area contributed by atoms with E-state index < -0.39 is 23.7 Å². The first-order valence-corrected chi connectivity index (χ1v) is 5.49. The van der Waals surface area contributed by atoms with Gasteiger partial charge in [-0.15, -0.1) is 17.4 Å². The summed E-state index contributed by atoms with van der Waals surface area (Å²) < 4.78 is 0. The van der Waals surface area contributed by atoms with Gasteiger partial charge < -0.3 is 4.84 Å². The third kappa shape index (κ3) is 3.31. The van der Waals surface area contributed by atoms with Gasteiger partial charge in [0.05, 0.1) is 5.92 Å². The van der Waals surface area contributed by atoms with Crippen molar-refractivity contribution in [3.05, 3.63) is 0 Å². The van der Waals surface area contributed by atoms with E-state index in [9.17, 15) is 14.4 Å². The zero-order valence-electron chi connectivity index (χ0n) is 9.93. The Morgan fingerprint density at radius 1 is 1.41 bits per heavy atom. The Bertz CT molecular complexity index is 366. The molecule has 1 saturated heterocycles. The average molecular weight is 237 g/mol. The fourth-order valence-electron chi connectivity index (χ4n) is 1.53. The summed E-state index contributed by atoms with van der Waals surface area (Å²) in [7, 11) is 0. The van der Waals surface area contributed by atoms with Gasteiger partial charge in [-0.25, -0.2) is 4.79 Å². The summed E-state index contributed by atoms with van der Waals surface area (Å²) in [5.41, 5.74) is 0. The van der Waals surface area contributed by atoms with E-state index in [1.54, 1.807) is 6.92 Å². The number of carbonyl (C=O) groups excluding carboxylic acids is 3. The molecule has 0 spiro atoms. The summed E-state index contributed by atoms with van der Waals surface area (Å²) in [6.45, 7) is 3.47. The molecule has 0 saturated carbocycles. The molecule has 0 bridgehead atoms. The fraction of sp³-hybridized carbons (Fsp3) is 0.583. The lowest BCUT2D eigenvalue weighted by atomic mass is 9.98. The van der Waals surface area contributed by atoms with Gasteiger partial charge in [-0.3, -0.25) is 9.59 Å². The number of carbonyl (C=O) groups is 3. The third-order valence-electron chi connectivity index (χ3n) is 2.58. The number of terminal acetylenes is 1. The molecule has 0 aromatic heterocycles. The van der Waals surface area contributed by atoms with Crippen molar-refractivity contribution in [1.29, 1.82) is 0 Å². The lowest BCUT2D eigenvalue weighted by molar-refractivity contribution is -0.200. The Labute approximate surface area is 100 Å². The monoisotopic (exact) mass is 237 g/mol. The highest BCUT2D eigenvalue weighted by molar-refractivity contribution is 6.01. The van der Waals surface area contributed by atoms with E-state index in [2.05, 4.69) is 5.92 Å². The van der Waals surface area contributed by atoms with Gasteiger partial charge in [-0.1, -0.05) is 13.8 Å².